The van der Waals surface area contributed by atoms with E-state index in [2.05, 4.69) is 10.3 Å². The van der Waals surface area contributed by atoms with Gasteiger partial charge in [-0.05, 0) is 56.5 Å². The van der Waals surface area contributed by atoms with E-state index in [-0.39, 0.29) is 24.4 Å². The molecule has 26 heavy (non-hydrogen) atoms. The Morgan fingerprint density at radius 2 is 2.15 bits per heavy atom. The van der Waals surface area contributed by atoms with Gasteiger partial charge in [-0.1, -0.05) is 0 Å². The minimum atomic E-state index is -0.445. The molecule has 0 saturated carbocycles. The first kappa shape index (κ1) is 18.5. The summed E-state index contributed by atoms with van der Waals surface area (Å²) in [5, 5.41) is 2.97. The number of rotatable bonds is 4. The molecule has 0 radical (unpaired) electrons. The van der Waals surface area contributed by atoms with Crippen LogP contribution in [0, 0.1) is 19.7 Å². The number of H-pyrrole nitrogens is 1. The predicted octanol–water partition coefficient (Wildman–Crippen LogP) is 3.91. The molecule has 2 aromatic rings. The van der Waals surface area contributed by atoms with Crippen LogP contribution in [0.3, 0.4) is 0 Å². The van der Waals surface area contributed by atoms with Crippen molar-refractivity contribution in [1.29, 1.82) is 0 Å². The van der Waals surface area contributed by atoms with Gasteiger partial charge < -0.3 is 15.0 Å². The Labute approximate surface area is 155 Å². The number of carbonyl (C=O) groups excluding carboxylic acids is 2. The van der Waals surface area contributed by atoms with E-state index < -0.39 is 5.97 Å². The molecule has 0 fully saturated rings. The van der Waals surface area contributed by atoms with Gasteiger partial charge in [-0.25, -0.2) is 9.18 Å². The molecule has 1 aliphatic rings. The first-order valence-electron chi connectivity index (χ1n) is 8.51. The maximum atomic E-state index is 13.6. The molecule has 1 aliphatic heterocycles. The normalized spacial score (nSPS) is 16.1. The van der Waals surface area contributed by atoms with Crippen molar-refractivity contribution in [3.63, 3.8) is 0 Å². The highest BCUT2D eigenvalue weighted by Gasteiger charge is 2.27. The highest BCUT2D eigenvalue weighted by atomic mass is 32.2. The summed E-state index contributed by atoms with van der Waals surface area (Å²) in [5.74, 6) is -0.227. The fraction of sp³-hybridized carbons (Fsp3) is 0.368. The van der Waals surface area contributed by atoms with Crippen molar-refractivity contribution in [1.82, 2.24) is 10.3 Å². The highest BCUT2D eigenvalue weighted by Crippen LogP contribution is 2.36. The molecule has 138 valence electrons. The molecular weight excluding hydrogens is 355 g/mol. The third-order valence-corrected chi connectivity index (χ3v) is 5.58. The number of ether oxygens (including phenoxy) is 1. The summed E-state index contributed by atoms with van der Waals surface area (Å²) in [6, 6.07) is 4.39. The third-order valence-electron chi connectivity index (χ3n) is 4.46. The number of thioether (sulfide) groups is 1. The number of hydrogen-bond acceptors (Lipinski definition) is 4. The van der Waals surface area contributed by atoms with Crippen LogP contribution in [0.4, 0.5) is 4.39 Å². The van der Waals surface area contributed by atoms with Gasteiger partial charge in [0.1, 0.15) is 11.5 Å². The molecule has 0 bridgehead atoms. The lowest BCUT2D eigenvalue weighted by Crippen LogP contribution is -2.31. The van der Waals surface area contributed by atoms with Gasteiger partial charge in [0.15, 0.2) is 0 Å². The Bertz CT molecular complexity index is 863. The maximum absolute atomic E-state index is 13.6. The molecule has 0 unspecified atom stereocenters. The molecule has 1 amide bonds. The molecule has 0 aliphatic carbocycles. The highest BCUT2D eigenvalue weighted by molar-refractivity contribution is 7.99. The Morgan fingerprint density at radius 1 is 1.38 bits per heavy atom. The molecule has 1 aromatic carbocycles. The number of hydrogen-bond donors (Lipinski definition) is 2. The lowest BCUT2D eigenvalue weighted by molar-refractivity contribution is 0.0525. The van der Waals surface area contributed by atoms with E-state index >= 15 is 0 Å². The van der Waals surface area contributed by atoms with Crippen LogP contribution in [0.2, 0.25) is 0 Å². The number of carbonyl (C=O) groups is 2. The first-order valence-corrected chi connectivity index (χ1v) is 9.50. The molecule has 7 heteroatoms. The number of amides is 1. The molecule has 2 heterocycles. The smallest absolute Gasteiger partial charge is 0.340 e. The quantitative estimate of drug-likeness (QED) is 0.794. The number of aromatic amines is 1. The topological polar surface area (TPSA) is 71.2 Å². The minimum Gasteiger partial charge on any atom is -0.462 e. The monoisotopic (exact) mass is 376 g/mol. The van der Waals surface area contributed by atoms with Crippen molar-refractivity contribution in [2.75, 3.05) is 12.4 Å². The fourth-order valence-corrected chi connectivity index (χ4v) is 4.34. The number of esters is 1. The second kappa shape index (κ2) is 7.53. The largest absolute Gasteiger partial charge is 0.462 e. The van der Waals surface area contributed by atoms with Crippen molar-refractivity contribution < 1.29 is 18.7 Å². The molecule has 0 spiro atoms. The number of aromatic nitrogens is 1. The zero-order chi connectivity index (χ0) is 18.8. The molecule has 5 nitrogen and oxygen atoms in total. The molecule has 3 rings (SSSR count). The zero-order valence-electron chi connectivity index (χ0n) is 14.9. The summed E-state index contributed by atoms with van der Waals surface area (Å²) in [6.07, 6.45) is 0.719. The Kier molecular flexibility index (Phi) is 5.36. The number of aryl methyl sites for hydroxylation is 1. The SMILES string of the molecule is CCOC(=O)c1c(C)[nH]c(C(=O)N[C@H]2CCSc3ccc(F)cc32)c1C. The summed E-state index contributed by atoms with van der Waals surface area (Å²) < 4.78 is 18.7. The van der Waals surface area contributed by atoms with Crippen LogP contribution < -0.4 is 5.32 Å². The van der Waals surface area contributed by atoms with E-state index in [9.17, 15) is 14.0 Å². The Morgan fingerprint density at radius 3 is 2.88 bits per heavy atom. The van der Waals surface area contributed by atoms with Crippen molar-refractivity contribution >= 4 is 23.6 Å². The average molecular weight is 376 g/mol. The van der Waals surface area contributed by atoms with Crippen molar-refractivity contribution in [3.8, 4) is 0 Å². The Balaban J connectivity index is 1.85. The van der Waals surface area contributed by atoms with Gasteiger partial charge in [0.25, 0.3) is 5.91 Å². The number of nitrogens with one attached hydrogen (secondary N) is 2. The van der Waals surface area contributed by atoms with Crippen molar-refractivity contribution in [3.05, 3.63) is 52.1 Å². The van der Waals surface area contributed by atoms with Gasteiger partial charge >= 0.3 is 5.97 Å². The molecule has 0 saturated heterocycles. The van der Waals surface area contributed by atoms with E-state index in [1.54, 1.807) is 38.6 Å². The summed E-state index contributed by atoms with van der Waals surface area (Å²) in [4.78, 5) is 28.8. The second-order valence-electron chi connectivity index (χ2n) is 6.19. The van der Waals surface area contributed by atoms with Crippen LogP contribution >= 0.6 is 11.8 Å². The van der Waals surface area contributed by atoms with Crippen LogP contribution in [0.1, 0.15) is 57.1 Å². The van der Waals surface area contributed by atoms with Gasteiger partial charge in [-0.3, -0.25) is 4.79 Å². The van der Waals surface area contributed by atoms with Gasteiger partial charge in [0.2, 0.25) is 0 Å². The van der Waals surface area contributed by atoms with Crippen LogP contribution in [0.15, 0.2) is 23.1 Å². The first-order chi connectivity index (χ1) is 12.4. The van der Waals surface area contributed by atoms with E-state index in [0.717, 1.165) is 22.6 Å². The number of fused-ring (bicyclic) bond motifs is 1. The van der Waals surface area contributed by atoms with E-state index in [1.165, 1.54) is 12.1 Å². The van der Waals surface area contributed by atoms with E-state index in [4.69, 9.17) is 4.74 Å². The van der Waals surface area contributed by atoms with Crippen molar-refractivity contribution in [2.24, 2.45) is 0 Å². The average Bonchev–Trinajstić information content (AvgIpc) is 2.90. The van der Waals surface area contributed by atoms with Crippen LogP contribution in [0.5, 0.6) is 0 Å². The van der Waals surface area contributed by atoms with Gasteiger partial charge in [0.05, 0.1) is 18.2 Å². The molecule has 1 atom stereocenters. The summed E-state index contributed by atoms with van der Waals surface area (Å²) >= 11 is 1.66. The maximum Gasteiger partial charge on any atom is 0.340 e. The number of benzene rings is 1. The lowest BCUT2D eigenvalue weighted by atomic mass is 10.0. The second-order valence-corrected chi connectivity index (χ2v) is 7.33. The summed E-state index contributed by atoms with van der Waals surface area (Å²) in [5.41, 5.74) is 2.67. The van der Waals surface area contributed by atoms with E-state index in [1.807, 2.05) is 0 Å². The third kappa shape index (κ3) is 3.49. The van der Waals surface area contributed by atoms with Gasteiger partial charge in [-0.2, -0.15) is 0 Å². The van der Waals surface area contributed by atoms with Crippen LogP contribution in [-0.4, -0.2) is 29.2 Å². The molecular formula is C19H21FN2O3S. The van der Waals surface area contributed by atoms with Crippen LogP contribution in [-0.2, 0) is 4.74 Å². The predicted molar refractivity (Wildman–Crippen MR) is 98.2 cm³/mol. The minimum absolute atomic E-state index is 0.261. The molecule has 2 N–H and O–H groups in total. The fourth-order valence-electron chi connectivity index (χ4n) is 3.23. The Hall–Kier alpha value is -2.28. The summed E-state index contributed by atoms with van der Waals surface area (Å²) in [7, 11) is 0. The van der Waals surface area contributed by atoms with Gasteiger partial charge in [-0.15, -0.1) is 11.8 Å². The standard InChI is InChI=1S/C19H21FN2O3S/c1-4-25-19(24)16-10(2)17(21-11(16)3)18(23)22-14-7-8-26-15-6-5-12(20)9-13(14)15/h5-6,9,14,21H,4,7-8H2,1-3H3,(H,22,23)/t14-/m0/s1. The summed E-state index contributed by atoms with van der Waals surface area (Å²) in [6.45, 7) is 5.46. The van der Waals surface area contributed by atoms with Gasteiger partial charge in [0, 0.05) is 16.3 Å². The lowest BCUT2D eigenvalue weighted by Gasteiger charge is -2.26. The van der Waals surface area contributed by atoms with Crippen LogP contribution in [0.25, 0.3) is 0 Å². The zero-order valence-corrected chi connectivity index (χ0v) is 15.8. The van der Waals surface area contributed by atoms with E-state index in [0.29, 0.717) is 22.5 Å². The van der Waals surface area contributed by atoms with Crippen molar-refractivity contribution in [2.45, 2.75) is 38.1 Å². The number of halogens is 1. The molecule has 1 aromatic heterocycles.